The van der Waals surface area contributed by atoms with E-state index in [0.29, 0.717) is 0 Å². The van der Waals surface area contributed by atoms with Gasteiger partial charge in [-0.15, -0.1) is 0 Å². The largest absolute Gasteiger partial charge is 0.491 e. The lowest BCUT2D eigenvalue weighted by Gasteiger charge is -2.16. The van der Waals surface area contributed by atoms with Crippen LogP contribution in [0.4, 0.5) is 5.69 Å². The predicted molar refractivity (Wildman–Crippen MR) is 96.4 cm³/mol. The summed E-state index contributed by atoms with van der Waals surface area (Å²) in [5.74, 6) is 1.83. The van der Waals surface area contributed by atoms with Gasteiger partial charge in [-0.2, -0.15) is 0 Å². The topological polar surface area (TPSA) is 30.5 Å². The Bertz CT molecular complexity index is 610. The first-order valence-corrected chi connectivity index (χ1v) is 8.33. The molecule has 0 heterocycles. The van der Waals surface area contributed by atoms with Crippen LogP contribution < -0.4 is 14.8 Å². The van der Waals surface area contributed by atoms with E-state index in [2.05, 4.69) is 31.3 Å². The molecule has 0 aliphatic heterocycles. The Morgan fingerprint density at radius 1 is 0.957 bits per heavy atom. The summed E-state index contributed by atoms with van der Waals surface area (Å²) >= 11 is 0. The highest BCUT2D eigenvalue weighted by molar-refractivity contribution is 5.49. The molecule has 1 N–H and O–H groups in total. The molecule has 124 valence electrons. The molecule has 0 amide bonds. The van der Waals surface area contributed by atoms with E-state index in [4.69, 9.17) is 9.47 Å². The minimum atomic E-state index is 0.170. The highest BCUT2D eigenvalue weighted by Crippen LogP contribution is 2.23. The Kier molecular flexibility index (Phi) is 6.33. The molecule has 2 aromatic rings. The minimum absolute atomic E-state index is 0.170. The first kappa shape index (κ1) is 17.2. The van der Waals surface area contributed by atoms with Gasteiger partial charge in [-0.3, -0.25) is 0 Å². The average molecular weight is 313 g/mol. The Hall–Kier alpha value is -2.16. The highest BCUT2D eigenvalue weighted by Gasteiger charge is 2.06. The fourth-order valence-corrected chi connectivity index (χ4v) is 2.21. The summed E-state index contributed by atoms with van der Waals surface area (Å²) in [6.45, 7) is 9.01. The number of hydrogen-bond donors (Lipinski definition) is 1. The molecule has 0 unspecified atom stereocenters. The number of benzene rings is 2. The Morgan fingerprint density at radius 2 is 1.74 bits per heavy atom. The molecule has 0 radical (unpaired) electrons. The normalized spacial score (nSPS) is 12.0. The Morgan fingerprint density at radius 3 is 2.48 bits per heavy atom. The van der Waals surface area contributed by atoms with Crippen molar-refractivity contribution < 1.29 is 9.47 Å². The molecule has 0 aliphatic carbocycles. The second kappa shape index (κ2) is 8.47. The number of para-hydroxylation sites is 1. The molecular weight excluding hydrogens is 286 g/mol. The van der Waals surface area contributed by atoms with Gasteiger partial charge in [-0.25, -0.2) is 0 Å². The van der Waals surface area contributed by atoms with Crippen LogP contribution in [0.5, 0.6) is 11.5 Å². The molecule has 0 bridgehead atoms. The van der Waals surface area contributed by atoms with Crippen molar-refractivity contribution in [2.24, 2.45) is 0 Å². The summed E-state index contributed by atoms with van der Waals surface area (Å²) in [6, 6.07) is 16.2. The SMILES string of the molecule is CC[C@@H](C)Oc1cccc(NCc2ccccc2OC(C)C)c1. The van der Waals surface area contributed by atoms with Crippen molar-refractivity contribution in [3.8, 4) is 11.5 Å². The maximum absolute atomic E-state index is 5.87. The molecule has 0 fully saturated rings. The number of nitrogens with one attached hydrogen (secondary N) is 1. The van der Waals surface area contributed by atoms with Gasteiger partial charge in [0, 0.05) is 23.9 Å². The summed E-state index contributed by atoms with van der Waals surface area (Å²) in [6.07, 6.45) is 1.39. The smallest absolute Gasteiger partial charge is 0.124 e. The van der Waals surface area contributed by atoms with E-state index in [1.807, 2.05) is 50.2 Å². The van der Waals surface area contributed by atoms with Crippen LogP contribution in [0.15, 0.2) is 48.5 Å². The van der Waals surface area contributed by atoms with Crippen molar-refractivity contribution >= 4 is 5.69 Å². The van der Waals surface area contributed by atoms with Crippen LogP contribution in [0, 0.1) is 0 Å². The second-order valence-electron chi connectivity index (χ2n) is 5.99. The van der Waals surface area contributed by atoms with Gasteiger partial charge in [-0.05, 0) is 45.4 Å². The summed E-state index contributed by atoms with van der Waals surface area (Å²) in [5, 5.41) is 3.45. The number of rotatable bonds is 8. The van der Waals surface area contributed by atoms with Gasteiger partial charge >= 0.3 is 0 Å². The van der Waals surface area contributed by atoms with Gasteiger partial charge in [0.05, 0.1) is 12.2 Å². The molecule has 0 aliphatic rings. The van der Waals surface area contributed by atoms with E-state index >= 15 is 0 Å². The summed E-state index contributed by atoms with van der Waals surface area (Å²) in [7, 11) is 0. The summed E-state index contributed by atoms with van der Waals surface area (Å²) in [5.41, 5.74) is 2.19. The highest BCUT2D eigenvalue weighted by atomic mass is 16.5. The van der Waals surface area contributed by atoms with Crippen LogP contribution in [0.3, 0.4) is 0 Å². The first-order valence-electron chi connectivity index (χ1n) is 8.33. The second-order valence-corrected chi connectivity index (χ2v) is 5.99. The van der Waals surface area contributed by atoms with Gasteiger partial charge < -0.3 is 14.8 Å². The van der Waals surface area contributed by atoms with Crippen LogP contribution in [0.25, 0.3) is 0 Å². The van der Waals surface area contributed by atoms with E-state index in [1.54, 1.807) is 0 Å². The van der Waals surface area contributed by atoms with Crippen LogP contribution in [0.1, 0.15) is 39.7 Å². The molecule has 23 heavy (non-hydrogen) atoms. The lowest BCUT2D eigenvalue weighted by Crippen LogP contribution is -2.10. The van der Waals surface area contributed by atoms with E-state index in [0.717, 1.165) is 35.7 Å². The standard InChI is InChI=1S/C20H27NO2/c1-5-16(4)23-19-11-8-10-18(13-19)21-14-17-9-6-7-12-20(17)22-15(2)3/h6-13,15-16,21H,5,14H2,1-4H3/t16-/m1/s1. The van der Waals surface area contributed by atoms with Crippen molar-refractivity contribution in [3.05, 3.63) is 54.1 Å². The Labute approximate surface area is 139 Å². The maximum atomic E-state index is 5.87. The molecule has 2 aromatic carbocycles. The van der Waals surface area contributed by atoms with Crippen molar-refractivity contribution in [1.29, 1.82) is 0 Å². The molecule has 3 heteroatoms. The molecular formula is C20H27NO2. The van der Waals surface area contributed by atoms with Crippen molar-refractivity contribution in [1.82, 2.24) is 0 Å². The first-order chi connectivity index (χ1) is 11.1. The Balaban J connectivity index is 2.02. The van der Waals surface area contributed by atoms with Crippen LogP contribution >= 0.6 is 0 Å². The van der Waals surface area contributed by atoms with Crippen LogP contribution in [-0.2, 0) is 6.54 Å². The lowest BCUT2D eigenvalue weighted by atomic mass is 10.2. The predicted octanol–water partition coefficient (Wildman–Crippen LogP) is 5.26. The molecule has 0 saturated heterocycles. The van der Waals surface area contributed by atoms with E-state index in [1.165, 1.54) is 0 Å². The van der Waals surface area contributed by atoms with Gasteiger partial charge in [0.1, 0.15) is 11.5 Å². The molecule has 3 nitrogen and oxygen atoms in total. The lowest BCUT2D eigenvalue weighted by molar-refractivity contribution is 0.217. The van der Waals surface area contributed by atoms with Gasteiger partial charge in [0.25, 0.3) is 0 Å². The zero-order chi connectivity index (χ0) is 16.7. The van der Waals surface area contributed by atoms with Gasteiger partial charge in [0.15, 0.2) is 0 Å². The number of hydrogen-bond acceptors (Lipinski definition) is 3. The fourth-order valence-electron chi connectivity index (χ4n) is 2.21. The third-order valence-corrected chi connectivity index (χ3v) is 3.56. The van der Waals surface area contributed by atoms with Crippen molar-refractivity contribution in [3.63, 3.8) is 0 Å². The average Bonchev–Trinajstić information content (AvgIpc) is 2.54. The van der Waals surface area contributed by atoms with E-state index < -0.39 is 0 Å². The van der Waals surface area contributed by atoms with E-state index in [-0.39, 0.29) is 12.2 Å². The minimum Gasteiger partial charge on any atom is -0.491 e. The van der Waals surface area contributed by atoms with Crippen LogP contribution in [-0.4, -0.2) is 12.2 Å². The number of anilines is 1. The zero-order valence-electron chi connectivity index (χ0n) is 14.5. The van der Waals surface area contributed by atoms with Crippen molar-refractivity contribution in [2.45, 2.75) is 52.9 Å². The third kappa shape index (κ3) is 5.51. The van der Waals surface area contributed by atoms with Crippen LogP contribution in [0.2, 0.25) is 0 Å². The maximum Gasteiger partial charge on any atom is 0.124 e. The molecule has 1 atom stereocenters. The summed E-state index contributed by atoms with van der Waals surface area (Å²) < 4.78 is 11.7. The zero-order valence-corrected chi connectivity index (χ0v) is 14.5. The van der Waals surface area contributed by atoms with E-state index in [9.17, 15) is 0 Å². The van der Waals surface area contributed by atoms with Gasteiger partial charge in [-0.1, -0.05) is 31.2 Å². The fraction of sp³-hybridized carbons (Fsp3) is 0.400. The van der Waals surface area contributed by atoms with Gasteiger partial charge in [0.2, 0.25) is 0 Å². The monoisotopic (exact) mass is 313 g/mol. The third-order valence-electron chi connectivity index (χ3n) is 3.56. The molecule has 0 spiro atoms. The molecule has 0 saturated carbocycles. The quantitative estimate of drug-likeness (QED) is 0.720. The molecule has 2 rings (SSSR count). The molecule has 0 aromatic heterocycles. The van der Waals surface area contributed by atoms with Crippen molar-refractivity contribution in [2.75, 3.05) is 5.32 Å². The summed E-state index contributed by atoms with van der Waals surface area (Å²) in [4.78, 5) is 0. The number of ether oxygens (including phenoxy) is 2.